The number of pyridine rings is 1. The summed E-state index contributed by atoms with van der Waals surface area (Å²) in [5.74, 6) is 0.830. The summed E-state index contributed by atoms with van der Waals surface area (Å²) in [7, 11) is 1.68. The molecule has 0 spiro atoms. The van der Waals surface area contributed by atoms with Crippen LogP contribution in [0.15, 0.2) is 54.6 Å². The van der Waals surface area contributed by atoms with Crippen molar-refractivity contribution >= 4 is 65.4 Å². The molecule has 0 fully saturated rings. The number of rotatable bonds is 1. The molecule has 3 aromatic carbocycles. The van der Waals surface area contributed by atoms with Crippen LogP contribution in [-0.2, 0) is 0 Å². The van der Waals surface area contributed by atoms with Gasteiger partial charge in [0.1, 0.15) is 10.4 Å². The third kappa shape index (κ3) is 1.84. The van der Waals surface area contributed by atoms with Crippen LogP contribution in [0.25, 0.3) is 41.8 Å². The lowest BCUT2D eigenvalue weighted by molar-refractivity contribution is 0.415. The van der Waals surface area contributed by atoms with Crippen molar-refractivity contribution < 1.29 is 4.74 Å². The molecule has 0 saturated carbocycles. The zero-order valence-electron chi connectivity index (χ0n) is 12.9. The second-order valence-electron chi connectivity index (χ2n) is 5.83. The fraction of sp³-hybridized carbons (Fsp3) is 0.0500. The molecule has 0 unspecified atom stereocenters. The molecule has 0 radical (unpaired) electrons. The monoisotopic (exact) mass is 347 g/mol. The molecule has 2 aromatic heterocycles. The number of fused-ring (bicyclic) bond motifs is 7. The van der Waals surface area contributed by atoms with Crippen LogP contribution >= 0.6 is 23.6 Å². The average Bonchev–Trinajstić information content (AvgIpc) is 3.02. The van der Waals surface area contributed by atoms with Crippen molar-refractivity contribution in [2.24, 2.45) is 0 Å². The van der Waals surface area contributed by atoms with Crippen LogP contribution in [0, 0.1) is 4.64 Å². The number of methoxy groups -OCH3 is 1. The molecule has 0 aliphatic carbocycles. The third-order valence-electron chi connectivity index (χ3n) is 4.53. The Morgan fingerprint density at radius 3 is 2.71 bits per heavy atom. The molecule has 116 valence electrons. The number of hydrogen-bond donors (Lipinski definition) is 1. The highest BCUT2D eigenvalue weighted by Gasteiger charge is 2.13. The summed E-state index contributed by atoms with van der Waals surface area (Å²) in [6.45, 7) is 0. The van der Waals surface area contributed by atoms with Crippen LogP contribution in [0.1, 0.15) is 0 Å². The molecule has 5 rings (SSSR count). The van der Waals surface area contributed by atoms with Gasteiger partial charge in [-0.25, -0.2) is 0 Å². The molecule has 2 nitrogen and oxygen atoms in total. The standard InChI is InChI=1S/C20H13NOS2/c1-22-12-7-8-14-15(10-12)21-20(23)19-18(14)17-13-5-3-2-4-11(13)6-9-16(17)24-19/h2-10H,1H3,(H,21,23). The van der Waals surface area contributed by atoms with Gasteiger partial charge in [0, 0.05) is 26.9 Å². The van der Waals surface area contributed by atoms with Gasteiger partial charge in [-0.3, -0.25) is 0 Å². The van der Waals surface area contributed by atoms with E-state index in [9.17, 15) is 0 Å². The summed E-state index contributed by atoms with van der Waals surface area (Å²) < 4.78 is 8.57. The Labute approximate surface area is 147 Å². The quantitative estimate of drug-likeness (QED) is 0.354. The Hall–Kier alpha value is -2.43. The molecule has 1 N–H and O–H groups in total. The molecular formula is C20H13NOS2. The predicted molar refractivity (Wildman–Crippen MR) is 106 cm³/mol. The van der Waals surface area contributed by atoms with Crippen LogP contribution in [0.5, 0.6) is 5.75 Å². The lowest BCUT2D eigenvalue weighted by atomic mass is 10.0. The van der Waals surface area contributed by atoms with Gasteiger partial charge in [-0.05, 0) is 29.0 Å². The second-order valence-corrected chi connectivity index (χ2v) is 7.29. The van der Waals surface area contributed by atoms with Gasteiger partial charge in [0.2, 0.25) is 0 Å². The van der Waals surface area contributed by atoms with Crippen molar-refractivity contribution in [1.29, 1.82) is 0 Å². The van der Waals surface area contributed by atoms with Gasteiger partial charge >= 0.3 is 0 Å². The first-order valence-electron chi connectivity index (χ1n) is 7.70. The Morgan fingerprint density at radius 1 is 0.958 bits per heavy atom. The van der Waals surface area contributed by atoms with E-state index in [4.69, 9.17) is 17.0 Å². The lowest BCUT2D eigenvalue weighted by Gasteiger charge is -2.06. The Balaban J connectivity index is 2.12. The fourth-order valence-electron chi connectivity index (χ4n) is 3.44. The highest BCUT2D eigenvalue weighted by molar-refractivity contribution is 7.72. The first-order valence-corrected chi connectivity index (χ1v) is 8.93. The minimum Gasteiger partial charge on any atom is -0.497 e. The number of hydrogen-bond acceptors (Lipinski definition) is 3. The number of H-pyrrole nitrogens is 1. The molecule has 0 aliphatic rings. The van der Waals surface area contributed by atoms with Gasteiger partial charge in [0.15, 0.2) is 0 Å². The van der Waals surface area contributed by atoms with E-state index < -0.39 is 0 Å². The lowest BCUT2D eigenvalue weighted by Crippen LogP contribution is -1.86. The Morgan fingerprint density at radius 2 is 1.83 bits per heavy atom. The number of aromatic nitrogens is 1. The maximum atomic E-state index is 5.64. The minimum atomic E-state index is 0.788. The van der Waals surface area contributed by atoms with Crippen molar-refractivity contribution in [3.8, 4) is 5.75 Å². The first-order chi connectivity index (χ1) is 11.8. The van der Waals surface area contributed by atoms with Crippen LogP contribution < -0.4 is 4.74 Å². The predicted octanol–water partition coefficient (Wildman–Crippen LogP) is 6.43. The fourth-order valence-corrected chi connectivity index (χ4v) is 4.90. The SMILES string of the molecule is COc1ccc2c(c1)[nH]c(=S)c1sc3ccc4ccccc4c3c12. The van der Waals surface area contributed by atoms with Crippen molar-refractivity contribution in [2.75, 3.05) is 7.11 Å². The molecule has 0 atom stereocenters. The van der Waals surface area contributed by atoms with E-state index >= 15 is 0 Å². The average molecular weight is 347 g/mol. The molecule has 24 heavy (non-hydrogen) atoms. The number of ether oxygens (including phenoxy) is 1. The number of aromatic amines is 1. The second kappa shape index (κ2) is 5.03. The van der Waals surface area contributed by atoms with Crippen molar-refractivity contribution in [3.05, 3.63) is 59.2 Å². The summed E-state index contributed by atoms with van der Waals surface area (Å²) >= 11 is 7.40. The van der Waals surface area contributed by atoms with Gasteiger partial charge < -0.3 is 9.72 Å². The number of nitrogens with one attached hydrogen (secondary N) is 1. The highest BCUT2D eigenvalue weighted by Crippen LogP contribution is 2.42. The number of benzene rings is 3. The summed E-state index contributed by atoms with van der Waals surface area (Å²) in [5, 5.41) is 6.25. The third-order valence-corrected chi connectivity index (χ3v) is 6.14. The molecule has 4 heteroatoms. The van der Waals surface area contributed by atoms with Crippen LogP contribution in [0.2, 0.25) is 0 Å². The van der Waals surface area contributed by atoms with E-state index in [0.29, 0.717) is 0 Å². The van der Waals surface area contributed by atoms with Gasteiger partial charge in [-0.1, -0.05) is 42.5 Å². The van der Waals surface area contributed by atoms with Crippen LogP contribution in [-0.4, -0.2) is 12.1 Å². The van der Waals surface area contributed by atoms with E-state index in [-0.39, 0.29) is 0 Å². The molecule has 0 bridgehead atoms. The van der Waals surface area contributed by atoms with Crippen molar-refractivity contribution in [1.82, 2.24) is 4.98 Å². The van der Waals surface area contributed by atoms with Gasteiger partial charge in [-0.2, -0.15) is 0 Å². The maximum absolute atomic E-state index is 5.64. The van der Waals surface area contributed by atoms with E-state index in [0.717, 1.165) is 20.6 Å². The first kappa shape index (κ1) is 14.0. The zero-order valence-corrected chi connectivity index (χ0v) is 14.6. The normalized spacial score (nSPS) is 11.7. The van der Waals surface area contributed by atoms with Gasteiger partial charge in [0.05, 0.1) is 17.3 Å². The van der Waals surface area contributed by atoms with Gasteiger partial charge in [0.25, 0.3) is 0 Å². The van der Waals surface area contributed by atoms with E-state index in [2.05, 4.69) is 47.4 Å². The molecule has 0 saturated heterocycles. The topological polar surface area (TPSA) is 25.0 Å². The van der Waals surface area contributed by atoms with Crippen LogP contribution in [0.4, 0.5) is 0 Å². The molecular weight excluding hydrogens is 334 g/mol. The van der Waals surface area contributed by atoms with Crippen molar-refractivity contribution in [2.45, 2.75) is 0 Å². The maximum Gasteiger partial charge on any atom is 0.121 e. The highest BCUT2D eigenvalue weighted by atomic mass is 32.1. The summed E-state index contributed by atoms with van der Waals surface area (Å²) in [5.41, 5.74) is 1.01. The van der Waals surface area contributed by atoms with E-state index in [1.807, 2.05) is 12.1 Å². The minimum absolute atomic E-state index is 0.788. The molecule has 0 amide bonds. The van der Waals surface area contributed by atoms with E-state index in [1.165, 1.54) is 31.6 Å². The Bertz CT molecular complexity index is 1310. The summed E-state index contributed by atoms with van der Waals surface area (Å²) in [4.78, 5) is 3.36. The molecule has 5 aromatic rings. The van der Waals surface area contributed by atoms with Crippen molar-refractivity contribution in [3.63, 3.8) is 0 Å². The molecule has 0 aliphatic heterocycles. The largest absolute Gasteiger partial charge is 0.497 e. The zero-order chi connectivity index (χ0) is 16.3. The molecule has 2 heterocycles. The van der Waals surface area contributed by atoms with E-state index in [1.54, 1.807) is 18.4 Å². The van der Waals surface area contributed by atoms with Gasteiger partial charge in [-0.15, -0.1) is 11.3 Å². The number of thiophene rings is 1. The van der Waals surface area contributed by atoms with Crippen LogP contribution in [0.3, 0.4) is 0 Å². The summed E-state index contributed by atoms with van der Waals surface area (Å²) in [6.07, 6.45) is 0. The smallest absolute Gasteiger partial charge is 0.121 e. The summed E-state index contributed by atoms with van der Waals surface area (Å²) in [6, 6.07) is 19.1. The Kier molecular flexibility index (Phi) is 2.93.